The molecule has 2 unspecified atom stereocenters. The van der Waals surface area contributed by atoms with Crippen molar-refractivity contribution in [1.82, 2.24) is 10.3 Å². The van der Waals surface area contributed by atoms with Crippen molar-refractivity contribution >= 4 is 0 Å². The highest BCUT2D eigenvalue weighted by Gasteiger charge is 2.25. The van der Waals surface area contributed by atoms with Crippen molar-refractivity contribution in [3.8, 4) is 5.88 Å². The second-order valence-corrected chi connectivity index (χ2v) is 5.65. The summed E-state index contributed by atoms with van der Waals surface area (Å²) in [5.41, 5.74) is 1.19. The molecule has 0 aromatic carbocycles. The Labute approximate surface area is 121 Å². The van der Waals surface area contributed by atoms with Gasteiger partial charge in [-0.15, -0.1) is 0 Å². The molecule has 0 spiro atoms. The van der Waals surface area contributed by atoms with Crippen LogP contribution in [0.15, 0.2) is 18.3 Å². The highest BCUT2D eigenvalue weighted by atomic mass is 16.5. The lowest BCUT2D eigenvalue weighted by molar-refractivity contribution is -0.0729. The predicted molar refractivity (Wildman–Crippen MR) is 79.9 cm³/mol. The lowest BCUT2D eigenvalue weighted by Crippen LogP contribution is -2.35. The van der Waals surface area contributed by atoms with Crippen molar-refractivity contribution in [1.29, 1.82) is 0 Å². The fraction of sp³-hybridized carbons (Fsp3) is 0.688. The summed E-state index contributed by atoms with van der Waals surface area (Å²) in [6.45, 7) is 8.27. The minimum absolute atomic E-state index is 0.213. The average molecular weight is 278 g/mol. The van der Waals surface area contributed by atoms with Gasteiger partial charge in [-0.2, -0.15) is 0 Å². The van der Waals surface area contributed by atoms with Crippen LogP contribution in [0.4, 0.5) is 0 Å². The Bertz CT molecular complexity index is 384. The van der Waals surface area contributed by atoms with Gasteiger partial charge in [0.2, 0.25) is 5.88 Å². The molecule has 1 aliphatic heterocycles. The van der Waals surface area contributed by atoms with E-state index in [-0.39, 0.29) is 18.3 Å². The summed E-state index contributed by atoms with van der Waals surface area (Å²) in [6.07, 6.45) is 5.66. The fourth-order valence-corrected chi connectivity index (χ4v) is 2.61. The normalized spacial score (nSPS) is 26.4. The Kier molecular flexibility index (Phi) is 5.80. The molecule has 1 aromatic rings. The van der Waals surface area contributed by atoms with Crippen LogP contribution in [0, 0.1) is 0 Å². The summed E-state index contributed by atoms with van der Waals surface area (Å²) < 4.78 is 11.7. The summed E-state index contributed by atoms with van der Waals surface area (Å²) >= 11 is 0. The third kappa shape index (κ3) is 4.76. The molecule has 20 heavy (non-hydrogen) atoms. The maximum Gasteiger partial charge on any atom is 0.213 e. The summed E-state index contributed by atoms with van der Waals surface area (Å²) in [4.78, 5) is 4.40. The van der Waals surface area contributed by atoms with Gasteiger partial charge in [-0.3, -0.25) is 0 Å². The molecule has 0 radical (unpaired) electrons. The molecule has 1 fully saturated rings. The van der Waals surface area contributed by atoms with E-state index >= 15 is 0 Å². The Hall–Kier alpha value is -1.13. The number of aromatic nitrogens is 1. The Morgan fingerprint density at radius 3 is 2.65 bits per heavy atom. The molecule has 1 saturated heterocycles. The number of hydrogen-bond donors (Lipinski definition) is 1. The quantitative estimate of drug-likeness (QED) is 0.813. The van der Waals surface area contributed by atoms with E-state index in [4.69, 9.17) is 9.47 Å². The summed E-state index contributed by atoms with van der Waals surface area (Å²) in [5, 5.41) is 3.37. The summed E-state index contributed by atoms with van der Waals surface area (Å²) in [5.74, 6) is 0.718. The second-order valence-electron chi connectivity index (χ2n) is 5.65. The van der Waals surface area contributed by atoms with Crippen molar-refractivity contribution in [3.05, 3.63) is 23.9 Å². The van der Waals surface area contributed by atoms with E-state index in [0.717, 1.165) is 38.2 Å². The van der Waals surface area contributed by atoms with Crippen molar-refractivity contribution in [3.63, 3.8) is 0 Å². The van der Waals surface area contributed by atoms with Crippen molar-refractivity contribution in [2.75, 3.05) is 6.54 Å². The van der Waals surface area contributed by atoms with Crippen LogP contribution in [-0.4, -0.2) is 29.8 Å². The van der Waals surface area contributed by atoms with Gasteiger partial charge in [0.15, 0.2) is 0 Å². The molecule has 2 heterocycles. The monoisotopic (exact) mass is 278 g/mol. The van der Waals surface area contributed by atoms with Crippen LogP contribution >= 0.6 is 0 Å². The van der Waals surface area contributed by atoms with Gasteiger partial charge in [0, 0.05) is 31.6 Å². The van der Waals surface area contributed by atoms with Crippen LogP contribution in [-0.2, 0) is 11.3 Å². The molecule has 1 aliphatic rings. The van der Waals surface area contributed by atoms with E-state index in [2.05, 4.69) is 37.1 Å². The predicted octanol–water partition coefficient (Wildman–Crippen LogP) is 2.92. The highest BCUT2D eigenvalue weighted by molar-refractivity contribution is 5.18. The van der Waals surface area contributed by atoms with Gasteiger partial charge in [-0.1, -0.05) is 13.0 Å². The zero-order valence-corrected chi connectivity index (χ0v) is 12.8. The maximum absolute atomic E-state index is 5.97. The van der Waals surface area contributed by atoms with E-state index in [1.165, 1.54) is 5.56 Å². The van der Waals surface area contributed by atoms with E-state index in [0.29, 0.717) is 0 Å². The lowest BCUT2D eigenvalue weighted by atomic mass is 10.0. The largest absolute Gasteiger partial charge is 0.474 e. The Morgan fingerprint density at radius 2 is 2.05 bits per heavy atom. The third-order valence-corrected chi connectivity index (χ3v) is 3.50. The van der Waals surface area contributed by atoms with Crippen molar-refractivity contribution in [2.45, 2.75) is 64.9 Å². The smallest absolute Gasteiger partial charge is 0.213 e. The molecular formula is C16H26N2O2. The first-order valence-electron chi connectivity index (χ1n) is 7.65. The molecule has 0 aliphatic carbocycles. The van der Waals surface area contributed by atoms with Crippen LogP contribution in [0.1, 0.15) is 45.6 Å². The second kappa shape index (κ2) is 7.60. The molecule has 0 saturated carbocycles. The van der Waals surface area contributed by atoms with Crippen LogP contribution < -0.4 is 10.1 Å². The first kappa shape index (κ1) is 15.3. The molecule has 4 nitrogen and oxygen atoms in total. The van der Waals surface area contributed by atoms with Crippen LogP contribution in [0.5, 0.6) is 5.88 Å². The van der Waals surface area contributed by atoms with Gasteiger partial charge >= 0.3 is 0 Å². The van der Waals surface area contributed by atoms with Crippen LogP contribution in [0.25, 0.3) is 0 Å². The fourth-order valence-electron chi connectivity index (χ4n) is 2.61. The molecule has 1 N–H and O–H groups in total. The van der Waals surface area contributed by atoms with Gasteiger partial charge < -0.3 is 14.8 Å². The first-order chi connectivity index (χ1) is 9.67. The minimum Gasteiger partial charge on any atom is -0.474 e. The lowest BCUT2D eigenvalue weighted by Gasteiger charge is -2.31. The molecule has 1 aromatic heterocycles. The van der Waals surface area contributed by atoms with Gasteiger partial charge in [0.1, 0.15) is 6.10 Å². The van der Waals surface area contributed by atoms with Crippen molar-refractivity contribution in [2.24, 2.45) is 0 Å². The molecule has 0 amide bonds. The molecule has 112 valence electrons. The summed E-state index contributed by atoms with van der Waals surface area (Å²) in [7, 11) is 0. The van der Waals surface area contributed by atoms with Gasteiger partial charge in [0.05, 0.1) is 12.2 Å². The van der Waals surface area contributed by atoms with Crippen LogP contribution in [0.2, 0.25) is 0 Å². The Balaban J connectivity index is 1.83. The molecule has 2 atom stereocenters. The standard InChI is InChI=1S/C16H26N2O2/c1-4-7-17-10-14-5-6-16(18-11-14)20-15-8-12(2)19-13(3)9-15/h5-6,11-13,15,17H,4,7-10H2,1-3H3. The number of hydrogen-bond acceptors (Lipinski definition) is 4. The average Bonchev–Trinajstić information content (AvgIpc) is 2.40. The zero-order valence-electron chi connectivity index (χ0n) is 12.8. The third-order valence-electron chi connectivity index (χ3n) is 3.50. The molecular weight excluding hydrogens is 252 g/mol. The van der Waals surface area contributed by atoms with E-state index in [1.807, 2.05) is 12.3 Å². The maximum atomic E-state index is 5.97. The number of nitrogens with one attached hydrogen (secondary N) is 1. The van der Waals surface area contributed by atoms with E-state index in [9.17, 15) is 0 Å². The van der Waals surface area contributed by atoms with Crippen molar-refractivity contribution < 1.29 is 9.47 Å². The SMILES string of the molecule is CCCNCc1ccc(OC2CC(C)OC(C)C2)nc1. The molecule has 0 bridgehead atoms. The van der Waals surface area contributed by atoms with Gasteiger partial charge in [0.25, 0.3) is 0 Å². The zero-order chi connectivity index (χ0) is 14.4. The van der Waals surface area contributed by atoms with Gasteiger partial charge in [-0.25, -0.2) is 4.98 Å². The topological polar surface area (TPSA) is 43.4 Å². The van der Waals surface area contributed by atoms with Gasteiger partial charge in [-0.05, 0) is 32.4 Å². The van der Waals surface area contributed by atoms with Crippen LogP contribution in [0.3, 0.4) is 0 Å². The highest BCUT2D eigenvalue weighted by Crippen LogP contribution is 2.23. The summed E-state index contributed by atoms with van der Waals surface area (Å²) in [6, 6.07) is 4.05. The minimum atomic E-state index is 0.213. The number of rotatable bonds is 6. The number of ether oxygens (including phenoxy) is 2. The number of nitrogens with zero attached hydrogens (tertiary/aromatic N) is 1. The van der Waals surface area contributed by atoms with E-state index < -0.39 is 0 Å². The molecule has 2 rings (SSSR count). The molecule has 4 heteroatoms. The first-order valence-corrected chi connectivity index (χ1v) is 7.65. The number of pyridine rings is 1. The van der Waals surface area contributed by atoms with E-state index in [1.54, 1.807) is 0 Å². The Morgan fingerprint density at radius 1 is 1.30 bits per heavy atom.